The zero-order chi connectivity index (χ0) is 16.5. The fraction of sp³-hybridized carbons (Fsp3) is 0.182. The molecule has 2 aliphatic rings. The molecule has 2 aliphatic carbocycles. The average Bonchev–Trinajstić information content (AvgIpc) is 3.21. The molecule has 0 saturated carbocycles. The molecular formula is C22H23Cl2HfSi. The van der Waals surface area contributed by atoms with Crippen LogP contribution in [-0.4, -0.2) is 5.98 Å². The summed E-state index contributed by atoms with van der Waals surface area (Å²) in [6.07, 6.45) is 12.0. The third-order valence-electron chi connectivity index (χ3n) is 5.41. The van der Waals surface area contributed by atoms with E-state index < -0.39 is 26.6 Å². The average molecular weight is 565 g/mol. The van der Waals surface area contributed by atoms with Crippen molar-refractivity contribution in [2.45, 2.75) is 19.9 Å². The number of allylic oxidation sites excluding steroid dienone is 3. The zero-order valence-corrected chi connectivity index (χ0v) is 21.2. The van der Waals surface area contributed by atoms with Gasteiger partial charge in [-0.05, 0) is 0 Å². The van der Waals surface area contributed by atoms with Crippen LogP contribution in [0.25, 0.3) is 12.2 Å². The molecule has 0 aromatic heterocycles. The maximum absolute atomic E-state index is 4.06. The van der Waals surface area contributed by atoms with Crippen molar-refractivity contribution in [3.8, 4) is 0 Å². The van der Waals surface area contributed by atoms with Crippen LogP contribution in [0, 0.1) is 0 Å². The standard InChI is InChI=1S/2C9H7.C4H9Si.2ClH.Hf/c2*1-2-5-9-7-3-6-8(9)4-1;1-3-4-5-2;;;/h2*1-7H;3,5H,1,4H2,2H3;2*1H;/q;;;;;+2/p-2. The molecule has 0 bridgehead atoms. The Morgan fingerprint density at radius 1 is 0.885 bits per heavy atom. The van der Waals surface area contributed by atoms with Crippen molar-refractivity contribution in [1.29, 1.82) is 0 Å². The number of rotatable bonds is 5. The molecule has 0 N–H and O–H groups in total. The molecule has 2 aromatic rings. The molecule has 4 rings (SSSR count). The first-order valence-corrected chi connectivity index (χ1v) is 21.7. The van der Waals surface area contributed by atoms with Gasteiger partial charge in [0.2, 0.25) is 0 Å². The maximum Gasteiger partial charge on any atom is -1.00 e. The molecule has 0 nitrogen and oxygen atoms in total. The topological polar surface area (TPSA) is 0 Å². The monoisotopic (exact) mass is 565 g/mol. The maximum atomic E-state index is 4.06. The summed E-state index contributed by atoms with van der Waals surface area (Å²) >= 11 is -1.95. The smallest absolute Gasteiger partial charge is 1.00 e. The van der Waals surface area contributed by atoms with Gasteiger partial charge in [-0.3, -0.25) is 0 Å². The fourth-order valence-corrected chi connectivity index (χ4v) is 37.1. The van der Waals surface area contributed by atoms with E-state index in [2.05, 4.69) is 92.0 Å². The summed E-state index contributed by atoms with van der Waals surface area (Å²) in [5, 5.41) is 0. The van der Waals surface area contributed by atoms with Gasteiger partial charge in [0.1, 0.15) is 0 Å². The predicted molar refractivity (Wildman–Crippen MR) is 104 cm³/mol. The Bertz CT molecular complexity index is 769. The van der Waals surface area contributed by atoms with Crippen molar-refractivity contribution >= 4 is 18.1 Å². The summed E-state index contributed by atoms with van der Waals surface area (Å²) in [6.45, 7) is 6.68. The van der Waals surface area contributed by atoms with Crippen LogP contribution in [0.4, 0.5) is 0 Å². The molecule has 0 spiro atoms. The summed E-state index contributed by atoms with van der Waals surface area (Å²) in [5.74, 6) is -0.749. The minimum atomic E-state index is -1.95. The number of hydrogen-bond acceptors (Lipinski definition) is 0. The second-order valence-corrected chi connectivity index (χ2v) is 33.3. The van der Waals surface area contributed by atoms with Gasteiger partial charge in [0.05, 0.1) is 0 Å². The van der Waals surface area contributed by atoms with Crippen LogP contribution in [0.3, 0.4) is 0 Å². The summed E-state index contributed by atoms with van der Waals surface area (Å²) in [6, 6.07) is 19.4. The number of benzene rings is 2. The van der Waals surface area contributed by atoms with E-state index >= 15 is 0 Å². The van der Waals surface area contributed by atoms with E-state index in [-0.39, 0.29) is 24.8 Å². The first-order valence-electron chi connectivity index (χ1n) is 8.81. The van der Waals surface area contributed by atoms with Crippen LogP contribution in [0.15, 0.2) is 73.3 Å². The Hall–Kier alpha value is -0.673. The third-order valence-corrected chi connectivity index (χ3v) is 37.0. The Morgan fingerprint density at radius 3 is 1.81 bits per heavy atom. The van der Waals surface area contributed by atoms with Gasteiger partial charge in [0.25, 0.3) is 0 Å². The first-order chi connectivity index (χ1) is 11.8. The van der Waals surface area contributed by atoms with Crippen molar-refractivity contribution in [2.75, 3.05) is 0 Å². The molecule has 0 saturated heterocycles. The van der Waals surface area contributed by atoms with E-state index in [1.807, 2.05) is 0 Å². The van der Waals surface area contributed by atoms with Gasteiger partial charge >= 0.3 is 154 Å². The van der Waals surface area contributed by atoms with Crippen LogP contribution in [-0.2, 0) is 20.6 Å². The molecule has 0 amide bonds. The molecule has 26 heavy (non-hydrogen) atoms. The van der Waals surface area contributed by atoms with Gasteiger partial charge in [-0.2, -0.15) is 0 Å². The van der Waals surface area contributed by atoms with Gasteiger partial charge < -0.3 is 24.8 Å². The predicted octanol–water partition coefficient (Wildman–Crippen LogP) is -0.312. The summed E-state index contributed by atoms with van der Waals surface area (Å²) in [5.41, 5.74) is 6.14. The van der Waals surface area contributed by atoms with Gasteiger partial charge in [-0.25, -0.2) is 0 Å². The first kappa shape index (κ1) is 21.6. The fourth-order valence-electron chi connectivity index (χ4n) is 4.27. The zero-order valence-electron chi connectivity index (χ0n) is 14.9. The Balaban J connectivity index is 0.00000121. The van der Waals surface area contributed by atoms with E-state index in [1.165, 1.54) is 17.2 Å². The number of hydrogen-bond donors (Lipinski definition) is 0. The van der Waals surface area contributed by atoms with Crippen LogP contribution in [0.2, 0.25) is 12.6 Å². The Morgan fingerprint density at radius 2 is 1.35 bits per heavy atom. The molecular weight excluding hydrogens is 542 g/mol. The molecule has 4 heteroatoms. The summed E-state index contributed by atoms with van der Waals surface area (Å²) in [7, 11) is 0. The number of fused-ring (bicyclic) bond motifs is 2. The largest absolute Gasteiger partial charge is 1.00 e. The van der Waals surface area contributed by atoms with E-state index in [4.69, 9.17) is 0 Å². The van der Waals surface area contributed by atoms with Crippen LogP contribution < -0.4 is 24.8 Å². The molecule has 3 unspecified atom stereocenters. The van der Waals surface area contributed by atoms with Crippen LogP contribution in [0.5, 0.6) is 0 Å². The summed E-state index contributed by atoms with van der Waals surface area (Å²) < 4.78 is 1.52. The van der Waals surface area contributed by atoms with E-state index in [0.717, 1.165) is 7.35 Å². The van der Waals surface area contributed by atoms with Crippen molar-refractivity contribution in [2.24, 2.45) is 0 Å². The Labute approximate surface area is 178 Å². The second kappa shape index (κ2) is 9.50. The van der Waals surface area contributed by atoms with E-state index in [0.29, 0.717) is 0 Å². The van der Waals surface area contributed by atoms with Gasteiger partial charge in [0, 0.05) is 0 Å². The van der Waals surface area contributed by atoms with Crippen molar-refractivity contribution < 1.29 is 45.4 Å². The minimum Gasteiger partial charge on any atom is -1.00 e. The molecule has 0 radical (unpaired) electrons. The van der Waals surface area contributed by atoms with Gasteiger partial charge in [-0.15, -0.1) is 0 Å². The number of halogens is 2. The quantitative estimate of drug-likeness (QED) is 0.345. The van der Waals surface area contributed by atoms with Crippen molar-refractivity contribution in [3.05, 3.63) is 95.6 Å². The molecule has 3 atom stereocenters. The van der Waals surface area contributed by atoms with Crippen molar-refractivity contribution in [3.63, 3.8) is 0 Å². The molecule has 0 aliphatic heterocycles. The van der Waals surface area contributed by atoms with Gasteiger partial charge in [-0.1, -0.05) is 0 Å². The molecule has 0 heterocycles. The summed E-state index contributed by atoms with van der Waals surface area (Å²) in [4.78, 5) is 0. The van der Waals surface area contributed by atoms with Crippen LogP contribution >= 0.6 is 0 Å². The molecule has 133 valence electrons. The van der Waals surface area contributed by atoms with Gasteiger partial charge in [0.15, 0.2) is 0 Å². The molecule has 2 aromatic carbocycles. The SMILES string of the molecule is C=CC[SiH](C)[Hf+2]([CH]1C=Cc2ccccc21)[CH]1C=Cc2ccccc21.[Cl-].[Cl-]. The minimum absolute atomic E-state index is 0. The Kier molecular flexibility index (Phi) is 7.90. The second-order valence-electron chi connectivity index (χ2n) is 6.86. The molecule has 0 fully saturated rings. The normalized spacial score (nSPS) is 19.7. The van der Waals surface area contributed by atoms with Crippen LogP contribution in [0.1, 0.15) is 29.6 Å². The van der Waals surface area contributed by atoms with Crippen molar-refractivity contribution in [1.82, 2.24) is 0 Å². The van der Waals surface area contributed by atoms with E-state index in [9.17, 15) is 0 Å². The third kappa shape index (κ3) is 3.94. The van der Waals surface area contributed by atoms with E-state index in [1.54, 1.807) is 11.1 Å².